The summed E-state index contributed by atoms with van der Waals surface area (Å²) in [5, 5.41) is 0. The maximum Gasteiger partial charge on any atom is 0.217 e. The maximum atomic E-state index is 5.96. The fourth-order valence-electron chi connectivity index (χ4n) is 3.46. The zero-order valence-corrected chi connectivity index (χ0v) is 14.5. The maximum absolute atomic E-state index is 5.96. The predicted molar refractivity (Wildman–Crippen MR) is 94.3 cm³/mol. The van der Waals surface area contributed by atoms with Crippen molar-refractivity contribution in [2.45, 2.75) is 51.1 Å². The molecule has 2 fully saturated rings. The van der Waals surface area contributed by atoms with Crippen LogP contribution < -0.4 is 4.74 Å². The van der Waals surface area contributed by atoms with E-state index in [1.807, 2.05) is 12.3 Å². The third-order valence-corrected chi connectivity index (χ3v) is 5.37. The average molecular weight is 336 g/mol. The van der Waals surface area contributed by atoms with Gasteiger partial charge < -0.3 is 4.74 Å². The molecule has 3 aliphatic rings. The van der Waals surface area contributed by atoms with Crippen LogP contribution in [0.1, 0.15) is 54.2 Å². The molecular weight excluding hydrogens is 312 g/mol. The summed E-state index contributed by atoms with van der Waals surface area (Å²) in [4.78, 5) is 16.3. The van der Waals surface area contributed by atoms with Gasteiger partial charge in [0.15, 0.2) is 0 Å². The molecule has 0 atom stereocenters. The first kappa shape index (κ1) is 15.3. The van der Waals surface area contributed by atoms with Gasteiger partial charge in [0.25, 0.3) is 0 Å². The molecule has 0 bridgehead atoms. The number of hydrogen-bond donors (Lipinski definition) is 0. The molecule has 2 aromatic rings. The lowest BCUT2D eigenvalue weighted by atomic mass is 10.1. The average Bonchev–Trinajstić information content (AvgIpc) is 3.54. The Kier molecular flexibility index (Phi) is 3.89. The second kappa shape index (κ2) is 6.37. The zero-order valence-electron chi connectivity index (χ0n) is 14.5. The van der Waals surface area contributed by atoms with Crippen molar-refractivity contribution in [3.8, 4) is 5.88 Å². The molecule has 5 heteroatoms. The Labute approximate surface area is 148 Å². The fraction of sp³-hybridized carbons (Fsp3) is 0.550. The number of pyridine rings is 1. The van der Waals surface area contributed by atoms with Crippen molar-refractivity contribution < 1.29 is 4.74 Å². The van der Waals surface area contributed by atoms with Gasteiger partial charge in [-0.2, -0.15) is 0 Å². The van der Waals surface area contributed by atoms with Crippen LogP contribution in [0, 0.1) is 5.92 Å². The molecule has 2 saturated carbocycles. The predicted octanol–water partition coefficient (Wildman–Crippen LogP) is 3.10. The lowest BCUT2D eigenvalue weighted by molar-refractivity contribution is 0.231. The molecule has 0 unspecified atom stereocenters. The summed E-state index contributed by atoms with van der Waals surface area (Å²) >= 11 is 0. The van der Waals surface area contributed by atoms with Gasteiger partial charge in [0.05, 0.1) is 6.61 Å². The van der Waals surface area contributed by atoms with Crippen molar-refractivity contribution in [2.24, 2.45) is 5.92 Å². The normalized spacial score (nSPS) is 20.3. The van der Waals surface area contributed by atoms with E-state index in [2.05, 4.69) is 27.1 Å². The van der Waals surface area contributed by atoms with Crippen LogP contribution in [0.15, 0.2) is 24.5 Å². The third-order valence-electron chi connectivity index (χ3n) is 5.37. The van der Waals surface area contributed by atoms with Crippen LogP contribution >= 0.6 is 0 Å². The van der Waals surface area contributed by atoms with Gasteiger partial charge in [0.1, 0.15) is 5.82 Å². The van der Waals surface area contributed by atoms with E-state index < -0.39 is 0 Å². The number of hydrogen-bond acceptors (Lipinski definition) is 5. The lowest BCUT2D eigenvalue weighted by Gasteiger charge is -2.28. The summed E-state index contributed by atoms with van der Waals surface area (Å²) < 4.78 is 5.96. The highest BCUT2D eigenvalue weighted by molar-refractivity contribution is 5.27. The van der Waals surface area contributed by atoms with Gasteiger partial charge in [0, 0.05) is 61.2 Å². The van der Waals surface area contributed by atoms with Crippen LogP contribution in [0.5, 0.6) is 5.88 Å². The molecule has 0 amide bonds. The summed E-state index contributed by atoms with van der Waals surface area (Å²) in [7, 11) is 0. The van der Waals surface area contributed by atoms with Crippen LogP contribution in [0.25, 0.3) is 0 Å². The van der Waals surface area contributed by atoms with Crippen molar-refractivity contribution in [3.05, 3.63) is 47.2 Å². The Morgan fingerprint density at radius 2 is 2.08 bits per heavy atom. The van der Waals surface area contributed by atoms with Gasteiger partial charge in [-0.25, -0.2) is 15.0 Å². The number of ether oxygens (including phenoxy) is 1. The highest BCUT2D eigenvalue weighted by Gasteiger charge is 2.28. The number of nitrogens with zero attached hydrogens (tertiary/aromatic N) is 4. The molecule has 130 valence electrons. The molecule has 0 N–H and O–H groups in total. The summed E-state index contributed by atoms with van der Waals surface area (Å²) in [6, 6.07) is 4.14. The lowest BCUT2D eigenvalue weighted by Crippen LogP contribution is -2.31. The van der Waals surface area contributed by atoms with Crippen LogP contribution in [0.4, 0.5) is 0 Å². The second-order valence-electron chi connectivity index (χ2n) is 7.66. The van der Waals surface area contributed by atoms with Crippen molar-refractivity contribution in [1.29, 1.82) is 0 Å². The van der Waals surface area contributed by atoms with E-state index >= 15 is 0 Å². The third kappa shape index (κ3) is 3.52. The Morgan fingerprint density at radius 3 is 2.92 bits per heavy atom. The highest BCUT2D eigenvalue weighted by atomic mass is 16.5. The first-order valence-corrected chi connectivity index (χ1v) is 9.49. The molecule has 2 aromatic heterocycles. The van der Waals surface area contributed by atoms with Crippen molar-refractivity contribution in [3.63, 3.8) is 0 Å². The first-order chi connectivity index (χ1) is 12.3. The highest BCUT2D eigenvalue weighted by Crippen LogP contribution is 2.38. The van der Waals surface area contributed by atoms with E-state index in [1.165, 1.54) is 42.5 Å². The van der Waals surface area contributed by atoms with Gasteiger partial charge in [0.2, 0.25) is 5.88 Å². The van der Waals surface area contributed by atoms with Gasteiger partial charge in [-0.1, -0.05) is 6.07 Å². The summed E-state index contributed by atoms with van der Waals surface area (Å²) in [5.74, 6) is 3.25. The molecule has 0 radical (unpaired) electrons. The quantitative estimate of drug-likeness (QED) is 0.811. The summed E-state index contributed by atoms with van der Waals surface area (Å²) in [5.41, 5.74) is 3.71. The summed E-state index contributed by atoms with van der Waals surface area (Å²) in [6.07, 6.45) is 10.0. The van der Waals surface area contributed by atoms with E-state index in [9.17, 15) is 0 Å². The zero-order chi connectivity index (χ0) is 16.6. The van der Waals surface area contributed by atoms with E-state index in [-0.39, 0.29) is 0 Å². The van der Waals surface area contributed by atoms with E-state index in [0.29, 0.717) is 5.92 Å². The second-order valence-corrected chi connectivity index (χ2v) is 7.66. The Bertz CT molecular complexity index is 770. The molecule has 5 nitrogen and oxygen atoms in total. The van der Waals surface area contributed by atoms with Gasteiger partial charge in [-0.05, 0) is 37.7 Å². The van der Waals surface area contributed by atoms with Gasteiger partial charge in [-0.15, -0.1) is 0 Å². The van der Waals surface area contributed by atoms with Crippen LogP contribution in [-0.2, 0) is 19.5 Å². The molecule has 3 heterocycles. The monoisotopic (exact) mass is 336 g/mol. The fourth-order valence-corrected chi connectivity index (χ4v) is 3.46. The molecule has 1 aliphatic heterocycles. The van der Waals surface area contributed by atoms with Gasteiger partial charge >= 0.3 is 0 Å². The van der Waals surface area contributed by atoms with E-state index in [0.717, 1.165) is 50.3 Å². The molecule has 2 aliphatic carbocycles. The molecule has 0 spiro atoms. The molecular formula is C20H24N4O. The minimum absolute atomic E-state index is 0.630. The van der Waals surface area contributed by atoms with E-state index in [4.69, 9.17) is 9.72 Å². The Balaban J connectivity index is 1.27. The SMILES string of the molecule is c1cnc(OCC2CC2)c(CN2CCc3nc(C4CC4)ncc3C2)c1. The Hall–Kier alpha value is -2.01. The van der Waals surface area contributed by atoms with Crippen molar-refractivity contribution in [2.75, 3.05) is 13.2 Å². The molecule has 25 heavy (non-hydrogen) atoms. The van der Waals surface area contributed by atoms with Crippen molar-refractivity contribution in [1.82, 2.24) is 19.9 Å². The van der Waals surface area contributed by atoms with E-state index in [1.54, 1.807) is 0 Å². The van der Waals surface area contributed by atoms with Crippen LogP contribution in [0.3, 0.4) is 0 Å². The Morgan fingerprint density at radius 1 is 1.16 bits per heavy atom. The molecule has 0 aromatic carbocycles. The number of aromatic nitrogens is 3. The molecule has 5 rings (SSSR count). The smallest absolute Gasteiger partial charge is 0.217 e. The topological polar surface area (TPSA) is 51.1 Å². The van der Waals surface area contributed by atoms with Crippen LogP contribution in [-0.4, -0.2) is 33.0 Å². The first-order valence-electron chi connectivity index (χ1n) is 9.49. The van der Waals surface area contributed by atoms with Crippen molar-refractivity contribution >= 4 is 0 Å². The minimum Gasteiger partial charge on any atom is -0.477 e. The summed E-state index contributed by atoms with van der Waals surface area (Å²) in [6.45, 7) is 3.63. The largest absolute Gasteiger partial charge is 0.477 e. The number of fused-ring (bicyclic) bond motifs is 1. The number of rotatable bonds is 6. The minimum atomic E-state index is 0.630. The molecule has 0 saturated heterocycles. The standard InChI is InChI=1S/C20H24N4O/c1-2-16(20(21-8-1)25-13-14-3-4-14)11-24-9-7-18-17(12-24)10-22-19(23-18)15-5-6-15/h1-2,8,10,14-15H,3-7,9,11-13H2. The van der Waals surface area contributed by atoms with Gasteiger partial charge in [-0.3, -0.25) is 4.90 Å². The van der Waals surface area contributed by atoms with Crippen LogP contribution in [0.2, 0.25) is 0 Å².